The van der Waals surface area contributed by atoms with E-state index in [1.54, 1.807) is 14.2 Å². The van der Waals surface area contributed by atoms with E-state index in [2.05, 4.69) is 20.2 Å². The summed E-state index contributed by atoms with van der Waals surface area (Å²) in [5.74, 6) is 1.49. The molecule has 7 heteroatoms. The third-order valence-corrected chi connectivity index (χ3v) is 4.40. The summed E-state index contributed by atoms with van der Waals surface area (Å²) in [5.41, 5.74) is 0.916. The fraction of sp³-hybridized carbons (Fsp3) is 0.647. The van der Waals surface area contributed by atoms with Crippen molar-refractivity contribution in [2.45, 2.75) is 31.6 Å². The Hall–Kier alpha value is -1.86. The molecule has 2 saturated heterocycles. The SMILES string of the molecule is CN=C(NCc1cccc(OC)n1)N1CCOC(C2CCCO2)C1. The van der Waals surface area contributed by atoms with Crippen molar-refractivity contribution in [1.29, 1.82) is 0 Å². The van der Waals surface area contributed by atoms with Gasteiger partial charge in [0.15, 0.2) is 5.96 Å². The Balaban J connectivity index is 1.57. The number of methoxy groups -OCH3 is 1. The smallest absolute Gasteiger partial charge is 0.213 e. The maximum atomic E-state index is 5.90. The molecule has 2 unspecified atom stereocenters. The molecule has 2 fully saturated rings. The number of aromatic nitrogens is 1. The van der Waals surface area contributed by atoms with Gasteiger partial charge in [-0.1, -0.05) is 6.07 Å². The number of nitrogens with one attached hydrogen (secondary N) is 1. The Bertz CT molecular complexity index is 561. The lowest BCUT2D eigenvalue weighted by Crippen LogP contribution is -2.53. The van der Waals surface area contributed by atoms with Crippen LogP contribution < -0.4 is 10.1 Å². The monoisotopic (exact) mass is 334 g/mol. The molecule has 2 atom stereocenters. The average Bonchev–Trinajstić information content (AvgIpc) is 3.17. The zero-order chi connectivity index (χ0) is 16.8. The van der Waals surface area contributed by atoms with Gasteiger partial charge >= 0.3 is 0 Å². The van der Waals surface area contributed by atoms with Crippen molar-refractivity contribution < 1.29 is 14.2 Å². The van der Waals surface area contributed by atoms with E-state index in [1.807, 2.05) is 18.2 Å². The van der Waals surface area contributed by atoms with Crippen LogP contribution in [0.5, 0.6) is 5.88 Å². The molecule has 0 radical (unpaired) electrons. The maximum absolute atomic E-state index is 5.90. The number of morpholine rings is 1. The van der Waals surface area contributed by atoms with Crippen LogP contribution in [0.15, 0.2) is 23.2 Å². The first-order chi connectivity index (χ1) is 11.8. The van der Waals surface area contributed by atoms with E-state index < -0.39 is 0 Å². The van der Waals surface area contributed by atoms with Gasteiger partial charge in [-0.15, -0.1) is 0 Å². The summed E-state index contributed by atoms with van der Waals surface area (Å²) >= 11 is 0. The van der Waals surface area contributed by atoms with Crippen molar-refractivity contribution in [1.82, 2.24) is 15.2 Å². The van der Waals surface area contributed by atoms with Crippen LogP contribution in [-0.4, -0.2) is 68.5 Å². The van der Waals surface area contributed by atoms with Gasteiger partial charge in [0, 0.05) is 32.8 Å². The highest BCUT2D eigenvalue weighted by Crippen LogP contribution is 2.21. The third-order valence-electron chi connectivity index (χ3n) is 4.40. The molecule has 3 rings (SSSR count). The molecular weight excluding hydrogens is 308 g/mol. The molecule has 0 bridgehead atoms. The first-order valence-corrected chi connectivity index (χ1v) is 8.49. The molecule has 3 heterocycles. The number of guanidine groups is 1. The Kier molecular flexibility index (Phi) is 5.87. The van der Waals surface area contributed by atoms with Crippen LogP contribution in [0.1, 0.15) is 18.5 Å². The van der Waals surface area contributed by atoms with E-state index in [9.17, 15) is 0 Å². The van der Waals surface area contributed by atoms with Gasteiger partial charge in [0.25, 0.3) is 0 Å². The molecule has 7 nitrogen and oxygen atoms in total. The predicted molar refractivity (Wildman–Crippen MR) is 91.3 cm³/mol. The predicted octanol–water partition coefficient (Wildman–Crippen LogP) is 1.05. The Labute approximate surface area is 143 Å². The molecule has 1 aromatic heterocycles. The number of hydrogen-bond acceptors (Lipinski definition) is 5. The summed E-state index contributed by atoms with van der Waals surface area (Å²) in [7, 11) is 3.43. The quantitative estimate of drug-likeness (QED) is 0.656. The van der Waals surface area contributed by atoms with E-state index in [0.29, 0.717) is 19.0 Å². The van der Waals surface area contributed by atoms with Crippen LogP contribution in [0.4, 0.5) is 0 Å². The second-order valence-corrected chi connectivity index (χ2v) is 5.98. The minimum Gasteiger partial charge on any atom is -0.481 e. The molecule has 132 valence electrons. The Morgan fingerprint density at radius 2 is 2.25 bits per heavy atom. The van der Waals surface area contributed by atoms with Crippen molar-refractivity contribution in [3.63, 3.8) is 0 Å². The summed E-state index contributed by atoms with van der Waals surface area (Å²) in [6, 6.07) is 5.75. The van der Waals surface area contributed by atoms with Gasteiger partial charge < -0.3 is 24.4 Å². The van der Waals surface area contributed by atoms with E-state index in [4.69, 9.17) is 14.2 Å². The van der Waals surface area contributed by atoms with Crippen molar-refractivity contribution in [3.05, 3.63) is 23.9 Å². The molecule has 0 spiro atoms. The summed E-state index contributed by atoms with van der Waals surface area (Å²) in [6.45, 7) is 3.78. The van der Waals surface area contributed by atoms with E-state index in [-0.39, 0.29) is 12.2 Å². The summed E-state index contributed by atoms with van der Waals surface area (Å²) in [4.78, 5) is 11.1. The van der Waals surface area contributed by atoms with Crippen LogP contribution in [0.3, 0.4) is 0 Å². The van der Waals surface area contributed by atoms with Crippen LogP contribution in [0, 0.1) is 0 Å². The van der Waals surface area contributed by atoms with Gasteiger partial charge in [0.2, 0.25) is 5.88 Å². The third kappa shape index (κ3) is 4.15. The first-order valence-electron chi connectivity index (χ1n) is 8.49. The Morgan fingerprint density at radius 3 is 3.00 bits per heavy atom. The zero-order valence-electron chi connectivity index (χ0n) is 14.4. The Morgan fingerprint density at radius 1 is 1.38 bits per heavy atom. The standard InChI is InChI=1S/C17H26N4O3/c1-18-17(19-11-13-5-3-7-16(20-13)22-2)21-8-10-24-15(12-21)14-6-4-9-23-14/h3,5,7,14-15H,4,6,8-12H2,1-2H3,(H,18,19). The van der Waals surface area contributed by atoms with Gasteiger partial charge in [0.05, 0.1) is 32.1 Å². The van der Waals surface area contributed by atoms with E-state index in [1.165, 1.54) is 0 Å². The molecule has 0 saturated carbocycles. The molecule has 1 N–H and O–H groups in total. The number of hydrogen-bond donors (Lipinski definition) is 1. The average molecular weight is 334 g/mol. The van der Waals surface area contributed by atoms with Crippen LogP contribution in [0.25, 0.3) is 0 Å². The highest BCUT2D eigenvalue weighted by atomic mass is 16.5. The number of aliphatic imine (C=N–C) groups is 1. The largest absolute Gasteiger partial charge is 0.481 e. The van der Waals surface area contributed by atoms with Crippen LogP contribution in [0.2, 0.25) is 0 Å². The summed E-state index contributed by atoms with van der Waals surface area (Å²) in [6.07, 6.45) is 2.54. The van der Waals surface area contributed by atoms with Gasteiger partial charge in [-0.2, -0.15) is 0 Å². The second kappa shape index (κ2) is 8.30. The van der Waals surface area contributed by atoms with Crippen molar-refractivity contribution in [3.8, 4) is 5.88 Å². The molecule has 0 aliphatic carbocycles. The topological polar surface area (TPSA) is 68.2 Å². The van der Waals surface area contributed by atoms with Gasteiger partial charge in [-0.05, 0) is 18.9 Å². The fourth-order valence-corrected chi connectivity index (χ4v) is 3.16. The fourth-order valence-electron chi connectivity index (χ4n) is 3.16. The number of rotatable bonds is 4. The molecule has 2 aliphatic rings. The highest BCUT2D eigenvalue weighted by Gasteiger charge is 2.32. The van der Waals surface area contributed by atoms with E-state index >= 15 is 0 Å². The van der Waals surface area contributed by atoms with E-state index in [0.717, 1.165) is 44.2 Å². The normalized spacial score (nSPS) is 24.9. The summed E-state index contributed by atoms with van der Waals surface area (Å²) < 4.78 is 16.8. The lowest BCUT2D eigenvalue weighted by Gasteiger charge is -2.37. The first kappa shape index (κ1) is 17.0. The lowest BCUT2D eigenvalue weighted by molar-refractivity contribution is -0.0817. The van der Waals surface area contributed by atoms with Gasteiger partial charge in [-0.25, -0.2) is 4.98 Å². The maximum Gasteiger partial charge on any atom is 0.213 e. The molecule has 2 aliphatic heterocycles. The van der Waals surface area contributed by atoms with Gasteiger partial charge in [-0.3, -0.25) is 4.99 Å². The number of nitrogens with zero attached hydrogens (tertiary/aromatic N) is 3. The second-order valence-electron chi connectivity index (χ2n) is 5.98. The zero-order valence-corrected chi connectivity index (χ0v) is 14.4. The minimum absolute atomic E-state index is 0.120. The lowest BCUT2D eigenvalue weighted by atomic mass is 10.1. The summed E-state index contributed by atoms with van der Waals surface area (Å²) in [5, 5.41) is 3.38. The van der Waals surface area contributed by atoms with Crippen molar-refractivity contribution in [2.75, 3.05) is 40.5 Å². The van der Waals surface area contributed by atoms with Gasteiger partial charge in [0.1, 0.15) is 6.10 Å². The van der Waals surface area contributed by atoms with Crippen molar-refractivity contribution in [2.24, 2.45) is 4.99 Å². The van der Waals surface area contributed by atoms with Crippen LogP contribution >= 0.6 is 0 Å². The van der Waals surface area contributed by atoms with Crippen molar-refractivity contribution >= 4 is 5.96 Å². The minimum atomic E-state index is 0.120. The molecule has 0 aromatic carbocycles. The molecule has 24 heavy (non-hydrogen) atoms. The molecule has 0 amide bonds. The number of pyridine rings is 1. The van der Waals surface area contributed by atoms with Crippen LogP contribution in [-0.2, 0) is 16.0 Å². The molecular formula is C17H26N4O3. The number of ether oxygens (including phenoxy) is 3. The molecule has 1 aromatic rings. The highest BCUT2D eigenvalue weighted by molar-refractivity contribution is 5.80.